The quantitative estimate of drug-likeness (QED) is 0.630. The van der Waals surface area contributed by atoms with E-state index in [-0.39, 0.29) is 11.5 Å². The Kier molecular flexibility index (Phi) is 7.00. The molecule has 0 saturated heterocycles. The van der Waals surface area contributed by atoms with Gasteiger partial charge < -0.3 is 15.2 Å². The van der Waals surface area contributed by atoms with Gasteiger partial charge in [0.25, 0.3) is 0 Å². The second-order valence-electron chi connectivity index (χ2n) is 5.95. The molecule has 1 aromatic rings. The molecule has 0 radical (unpaired) electrons. The minimum absolute atomic E-state index is 0.00861. The molecule has 118 valence electrons. The van der Waals surface area contributed by atoms with Gasteiger partial charge in [-0.05, 0) is 36.5 Å². The van der Waals surface area contributed by atoms with Crippen molar-refractivity contribution >= 4 is 38.0 Å². The first-order valence-electron chi connectivity index (χ1n) is 6.78. The Morgan fingerprint density at radius 2 is 1.86 bits per heavy atom. The number of hydrogen-bond acceptors (Lipinski definition) is 2. The van der Waals surface area contributed by atoms with Gasteiger partial charge >= 0.3 is 6.09 Å². The molecule has 0 aliphatic carbocycles. The van der Waals surface area contributed by atoms with Crippen molar-refractivity contribution in [1.82, 2.24) is 5.32 Å². The van der Waals surface area contributed by atoms with E-state index in [0.29, 0.717) is 6.54 Å². The van der Waals surface area contributed by atoms with Gasteiger partial charge in [-0.15, -0.1) is 0 Å². The van der Waals surface area contributed by atoms with Crippen LogP contribution in [0.3, 0.4) is 0 Å². The molecule has 0 heterocycles. The minimum Gasteiger partial charge on any atom is -0.490 e. The van der Waals surface area contributed by atoms with Crippen molar-refractivity contribution in [2.24, 2.45) is 5.41 Å². The highest BCUT2D eigenvalue weighted by molar-refractivity contribution is 9.11. The molecular formula is C15H21Br2NO3. The van der Waals surface area contributed by atoms with Crippen molar-refractivity contribution < 1.29 is 14.6 Å². The Bertz CT molecular complexity index is 466. The van der Waals surface area contributed by atoms with Gasteiger partial charge in [0.15, 0.2) is 0 Å². The summed E-state index contributed by atoms with van der Waals surface area (Å²) in [6.07, 6.45) is 0.547. The van der Waals surface area contributed by atoms with Gasteiger partial charge in [-0.1, -0.05) is 52.6 Å². The van der Waals surface area contributed by atoms with Gasteiger partial charge in [-0.3, -0.25) is 0 Å². The second kappa shape index (κ2) is 8.03. The largest absolute Gasteiger partial charge is 0.490 e. The zero-order chi connectivity index (χ0) is 16.0. The van der Waals surface area contributed by atoms with Crippen LogP contribution in [0.5, 0.6) is 5.75 Å². The number of carbonyl (C=O) groups is 1. The number of rotatable bonds is 6. The van der Waals surface area contributed by atoms with Crippen LogP contribution >= 0.6 is 31.9 Å². The molecule has 21 heavy (non-hydrogen) atoms. The normalized spacial score (nSPS) is 12.8. The number of carboxylic acid groups (broad SMARTS) is 1. The summed E-state index contributed by atoms with van der Waals surface area (Å²) in [7, 11) is 0. The average molecular weight is 423 g/mol. The molecule has 0 bridgehead atoms. The monoisotopic (exact) mass is 421 g/mol. The molecule has 1 rings (SSSR count). The third-order valence-electron chi connectivity index (χ3n) is 3.00. The number of halogens is 2. The number of nitrogens with one attached hydrogen (secondary N) is 1. The summed E-state index contributed by atoms with van der Waals surface area (Å²) >= 11 is 6.90. The first-order chi connectivity index (χ1) is 9.68. The molecule has 0 aromatic heterocycles. The average Bonchev–Trinajstić information content (AvgIpc) is 2.30. The number of benzene rings is 1. The molecule has 0 aliphatic rings. The molecule has 4 nitrogen and oxygen atoms in total. The van der Waals surface area contributed by atoms with Crippen LogP contribution in [0.2, 0.25) is 0 Å². The maximum Gasteiger partial charge on any atom is 0.404 e. The van der Waals surface area contributed by atoms with E-state index in [9.17, 15) is 4.79 Å². The summed E-state index contributed by atoms with van der Waals surface area (Å²) in [5.74, 6) is 0.794. The maximum absolute atomic E-state index is 10.5. The lowest BCUT2D eigenvalue weighted by Gasteiger charge is -2.31. The standard InChI is InChI=1S/C15H21Br2NO3/c1-15(2,3)13(5-4-6-18-14(19)20)21-12-8-10(16)7-11(17)9-12/h7-9,13,18H,4-6H2,1-3H3,(H,19,20). The number of amides is 1. The van der Waals surface area contributed by atoms with Gasteiger partial charge in [0.2, 0.25) is 0 Å². The third-order valence-corrected chi connectivity index (χ3v) is 3.92. The van der Waals surface area contributed by atoms with Crippen molar-refractivity contribution in [2.45, 2.75) is 39.7 Å². The fourth-order valence-electron chi connectivity index (χ4n) is 1.91. The summed E-state index contributed by atoms with van der Waals surface area (Å²) in [6, 6.07) is 5.81. The zero-order valence-corrected chi connectivity index (χ0v) is 15.6. The van der Waals surface area contributed by atoms with E-state index < -0.39 is 6.09 Å². The Balaban J connectivity index is 2.68. The van der Waals surface area contributed by atoms with E-state index in [1.165, 1.54) is 0 Å². The Morgan fingerprint density at radius 1 is 1.29 bits per heavy atom. The molecule has 2 N–H and O–H groups in total. The summed E-state index contributed by atoms with van der Waals surface area (Å²) in [5, 5.41) is 11.0. The lowest BCUT2D eigenvalue weighted by Crippen LogP contribution is -2.33. The Labute approximate surface area is 142 Å². The fraction of sp³-hybridized carbons (Fsp3) is 0.533. The number of ether oxygens (including phenoxy) is 1. The van der Waals surface area contributed by atoms with Crippen LogP contribution in [0.15, 0.2) is 27.1 Å². The topological polar surface area (TPSA) is 58.6 Å². The second-order valence-corrected chi connectivity index (χ2v) is 7.78. The highest BCUT2D eigenvalue weighted by Crippen LogP contribution is 2.31. The van der Waals surface area contributed by atoms with Crippen LogP contribution in [0.4, 0.5) is 4.79 Å². The van der Waals surface area contributed by atoms with Gasteiger partial charge in [0.05, 0.1) is 0 Å². The van der Waals surface area contributed by atoms with Gasteiger partial charge in [-0.25, -0.2) is 4.79 Å². The highest BCUT2D eigenvalue weighted by Gasteiger charge is 2.26. The van der Waals surface area contributed by atoms with E-state index in [1.807, 2.05) is 18.2 Å². The molecular weight excluding hydrogens is 402 g/mol. The third kappa shape index (κ3) is 7.18. The summed E-state index contributed by atoms with van der Waals surface area (Å²) in [4.78, 5) is 10.5. The SMILES string of the molecule is CC(C)(C)C(CCCNC(=O)O)Oc1cc(Br)cc(Br)c1. The Hall–Kier alpha value is -0.750. The molecule has 6 heteroatoms. The van der Waals surface area contributed by atoms with Crippen molar-refractivity contribution in [3.63, 3.8) is 0 Å². The summed E-state index contributed by atoms with van der Waals surface area (Å²) < 4.78 is 8.01. The fourth-order valence-corrected chi connectivity index (χ4v) is 3.16. The van der Waals surface area contributed by atoms with Crippen molar-refractivity contribution in [3.8, 4) is 5.75 Å². The van der Waals surface area contributed by atoms with Crippen molar-refractivity contribution in [3.05, 3.63) is 27.1 Å². The van der Waals surface area contributed by atoms with Crippen LogP contribution in [0.25, 0.3) is 0 Å². The van der Waals surface area contributed by atoms with Crippen LogP contribution in [-0.2, 0) is 0 Å². The van der Waals surface area contributed by atoms with E-state index in [0.717, 1.165) is 27.5 Å². The molecule has 1 aromatic carbocycles. The molecule has 0 saturated carbocycles. The molecule has 1 atom stereocenters. The minimum atomic E-state index is -0.987. The zero-order valence-electron chi connectivity index (χ0n) is 12.5. The van der Waals surface area contributed by atoms with Crippen LogP contribution in [-0.4, -0.2) is 23.8 Å². The van der Waals surface area contributed by atoms with Crippen LogP contribution < -0.4 is 10.1 Å². The van der Waals surface area contributed by atoms with Crippen LogP contribution in [0, 0.1) is 5.41 Å². The first-order valence-corrected chi connectivity index (χ1v) is 8.36. The predicted octanol–water partition coefficient (Wildman–Crippen LogP) is 5.05. The smallest absolute Gasteiger partial charge is 0.404 e. The highest BCUT2D eigenvalue weighted by atomic mass is 79.9. The molecule has 1 unspecified atom stereocenters. The van der Waals surface area contributed by atoms with Gasteiger partial charge in [0, 0.05) is 15.5 Å². The predicted molar refractivity (Wildman–Crippen MR) is 91.0 cm³/mol. The lowest BCUT2D eigenvalue weighted by molar-refractivity contribution is 0.0769. The van der Waals surface area contributed by atoms with E-state index in [2.05, 4.69) is 57.9 Å². The van der Waals surface area contributed by atoms with Gasteiger partial charge in [-0.2, -0.15) is 0 Å². The lowest BCUT2D eigenvalue weighted by atomic mass is 9.86. The van der Waals surface area contributed by atoms with E-state index in [1.54, 1.807) is 0 Å². The number of hydrogen-bond donors (Lipinski definition) is 2. The van der Waals surface area contributed by atoms with Crippen LogP contribution in [0.1, 0.15) is 33.6 Å². The van der Waals surface area contributed by atoms with Crippen molar-refractivity contribution in [1.29, 1.82) is 0 Å². The summed E-state index contributed by atoms with van der Waals surface area (Å²) in [6.45, 7) is 6.80. The molecule has 0 aliphatic heterocycles. The van der Waals surface area contributed by atoms with E-state index >= 15 is 0 Å². The maximum atomic E-state index is 10.5. The van der Waals surface area contributed by atoms with Crippen molar-refractivity contribution in [2.75, 3.05) is 6.54 Å². The summed E-state index contributed by atoms with van der Waals surface area (Å²) in [5.41, 5.74) is -0.0297. The molecule has 0 fully saturated rings. The first kappa shape index (κ1) is 18.3. The van der Waals surface area contributed by atoms with E-state index in [4.69, 9.17) is 9.84 Å². The van der Waals surface area contributed by atoms with Gasteiger partial charge in [0.1, 0.15) is 11.9 Å². The molecule has 0 spiro atoms. The Morgan fingerprint density at radius 3 is 2.33 bits per heavy atom. The molecule has 1 amide bonds.